The number of H-pyrrole nitrogens is 1. The number of nitrogens with one attached hydrogen (secondary N) is 1. The number of nitriles is 1. The Kier molecular flexibility index (Phi) is 4.44. The molecule has 4 heterocycles. The smallest absolute Gasteiger partial charge is 0.297 e. The normalized spacial score (nSPS) is 21.2. The highest BCUT2D eigenvalue weighted by Gasteiger charge is 2.42. The molecule has 1 N–H and O–H groups in total. The minimum Gasteiger partial charge on any atom is -0.297 e. The van der Waals surface area contributed by atoms with E-state index >= 15 is 0 Å². The van der Waals surface area contributed by atoms with Crippen LogP contribution in [0.15, 0.2) is 36.0 Å². The molecule has 9 heteroatoms. The van der Waals surface area contributed by atoms with Crippen molar-refractivity contribution in [1.82, 2.24) is 29.6 Å². The van der Waals surface area contributed by atoms with Crippen LogP contribution in [0, 0.1) is 16.7 Å². The van der Waals surface area contributed by atoms with Crippen LogP contribution >= 0.6 is 0 Å². The molecule has 0 aromatic carbocycles. The first kappa shape index (κ1) is 18.6. The summed E-state index contributed by atoms with van der Waals surface area (Å²) in [6, 6.07) is 4.73. The number of hydrogen-bond donors (Lipinski definition) is 1. The Bertz CT molecular complexity index is 1150. The van der Waals surface area contributed by atoms with Gasteiger partial charge in [0.1, 0.15) is 12.1 Å². The number of pyridine rings is 1. The van der Waals surface area contributed by atoms with Gasteiger partial charge in [-0.05, 0) is 38.7 Å². The SMILES string of the molecule is CC1(C#N)CN(C2CCC(=NC(=O)c3nc(-n4ccnc4)cc4cn[nH]c34)CC2)C1. The fourth-order valence-corrected chi connectivity index (χ4v) is 4.41. The Morgan fingerprint density at radius 3 is 2.87 bits per heavy atom. The van der Waals surface area contributed by atoms with Gasteiger partial charge in [0, 0.05) is 42.6 Å². The Balaban J connectivity index is 1.32. The lowest BCUT2D eigenvalue weighted by molar-refractivity contribution is 0.0114. The number of hydrogen-bond acceptors (Lipinski definition) is 6. The number of likely N-dealkylation sites (tertiary alicyclic amines) is 1. The number of carbonyl (C=O) groups is 1. The van der Waals surface area contributed by atoms with Crippen molar-refractivity contribution in [1.29, 1.82) is 5.26 Å². The van der Waals surface area contributed by atoms with Gasteiger partial charge in [0.2, 0.25) is 0 Å². The number of imidazole rings is 1. The monoisotopic (exact) mass is 402 g/mol. The van der Waals surface area contributed by atoms with Gasteiger partial charge >= 0.3 is 0 Å². The fourth-order valence-electron chi connectivity index (χ4n) is 4.41. The number of aromatic amines is 1. The number of aromatic nitrogens is 5. The van der Waals surface area contributed by atoms with Crippen LogP contribution in [0.2, 0.25) is 0 Å². The van der Waals surface area contributed by atoms with Crippen molar-refractivity contribution in [3.63, 3.8) is 0 Å². The molecule has 0 unspecified atom stereocenters. The van der Waals surface area contributed by atoms with Gasteiger partial charge in [-0.2, -0.15) is 10.4 Å². The first-order valence-electron chi connectivity index (χ1n) is 10.1. The summed E-state index contributed by atoms with van der Waals surface area (Å²) in [5.41, 5.74) is 1.59. The molecule has 0 atom stereocenters. The van der Waals surface area contributed by atoms with E-state index in [9.17, 15) is 10.1 Å². The van der Waals surface area contributed by atoms with Crippen LogP contribution in [0.5, 0.6) is 0 Å². The molecule has 152 valence electrons. The van der Waals surface area contributed by atoms with E-state index in [1.54, 1.807) is 29.5 Å². The van der Waals surface area contributed by atoms with Crippen LogP contribution in [0.3, 0.4) is 0 Å². The Hall–Kier alpha value is -3.38. The highest BCUT2D eigenvalue weighted by Crippen LogP contribution is 2.34. The molecule has 1 amide bonds. The summed E-state index contributed by atoms with van der Waals surface area (Å²) in [5, 5.41) is 16.9. The van der Waals surface area contributed by atoms with Gasteiger partial charge in [-0.25, -0.2) is 15.0 Å². The lowest BCUT2D eigenvalue weighted by atomic mass is 9.80. The lowest BCUT2D eigenvalue weighted by Gasteiger charge is -2.48. The van der Waals surface area contributed by atoms with Gasteiger partial charge in [-0.1, -0.05) is 0 Å². The van der Waals surface area contributed by atoms with E-state index in [2.05, 4.69) is 36.1 Å². The zero-order chi connectivity index (χ0) is 20.7. The largest absolute Gasteiger partial charge is 0.297 e. The summed E-state index contributed by atoms with van der Waals surface area (Å²) >= 11 is 0. The fraction of sp³-hybridized carbons (Fsp3) is 0.429. The molecule has 1 aliphatic heterocycles. The molecule has 2 fully saturated rings. The summed E-state index contributed by atoms with van der Waals surface area (Å²) in [5.74, 6) is 0.257. The van der Waals surface area contributed by atoms with E-state index in [-0.39, 0.29) is 17.0 Å². The second-order valence-electron chi connectivity index (χ2n) is 8.43. The van der Waals surface area contributed by atoms with Crippen LogP contribution in [-0.2, 0) is 0 Å². The van der Waals surface area contributed by atoms with E-state index in [1.807, 2.05) is 13.0 Å². The molecule has 9 nitrogen and oxygen atoms in total. The first-order chi connectivity index (χ1) is 14.5. The van der Waals surface area contributed by atoms with Gasteiger partial charge in [0.05, 0.1) is 23.2 Å². The average Bonchev–Trinajstić information content (AvgIpc) is 3.43. The summed E-state index contributed by atoms with van der Waals surface area (Å²) in [4.78, 5) is 28.4. The number of fused-ring (bicyclic) bond motifs is 1. The zero-order valence-electron chi connectivity index (χ0n) is 16.7. The third kappa shape index (κ3) is 3.29. The second kappa shape index (κ2) is 7.15. The van der Waals surface area contributed by atoms with Crippen LogP contribution in [0.1, 0.15) is 43.1 Å². The minimum atomic E-state index is -0.347. The van der Waals surface area contributed by atoms with Gasteiger partial charge < -0.3 is 0 Å². The van der Waals surface area contributed by atoms with Crippen molar-refractivity contribution in [3.05, 3.63) is 36.7 Å². The van der Waals surface area contributed by atoms with Crippen molar-refractivity contribution in [2.24, 2.45) is 10.4 Å². The third-order valence-corrected chi connectivity index (χ3v) is 6.07. The average molecular weight is 402 g/mol. The van der Waals surface area contributed by atoms with Gasteiger partial charge in [-0.15, -0.1) is 0 Å². The molecule has 30 heavy (non-hydrogen) atoms. The van der Waals surface area contributed by atoms with Crippen LogP contribution < -0.4 is 0 Å². The maximum Gasteiger partial charge on any atom is 0.297 e. The molecule has 1 saturated heterocycles. The molecule has 1 saturated carbocycles. The zero-order valence-corrected chi connectivity index (χ0v) is 16.7. The maximum atomic E-state index is 13.0. The number of carbonyl (C=O) groups excluding carboxylic acids is 1. The van der Waals surface area contributed by atoms with Crippen LogP contribution in [-0.4, -0.2) is 60.4 Å². The van der Waals surface area contributed by atoms with Crippen molar-refractivity contribution < 1.29 is 4.79 Å². The highest BCUT2D eigenvalue weighted by atomic mass is 16.1. The van der Waals surface area contributed by atoms with E-state index < -0.39 is 0 Å². The summed E-state index contributed by atoms with van der Waals surface area (Å²) in [7, 11) is 0. The third-order valence-electron chi connectivity index (χ3n) is 6.07. The van der Waals surface area contributed by atoms with Crippen molar-refractivity contribution in [3.8, 4) is 11.9 Å². The molecular formula is C21H22N8O. The number of nitrogens with zero attached hydrogens (tertiary/aromatic N) is 7. The molecule has 0 bridgehead atoms. The van der Waals surface area contributed by atoms with E-state index in [4.69, 9.17) is 0 Å². The lowest BCUT2D eigenvalue weighted by Crippen LogP contribution is -2.58. The van der Waals surface area contributed by atoms with Crippen LogP contribution in [0.25, 0.3) is 16.7 Å². The van der Waals surface area contributed by atoms with Gasteiger partial charge in [-0.3, -0.25) is 19.4 Å². The molecule has 0 spiro atoms. The first-order valence-corrected chi connectivity index (χ1v) is 10.1. The van der Waals surface area contributed by atoms with Gasteiger partial charge in [0.15, 0.2) is 5.69 Å². The standard InChI is InChI=1S/C21H22N8O/c1-21(10-22)11-29(12-21)16-4-2-15(3-5-16)25-20(30)19-18-14(9-24-27-18)8-17(26-19)28-7-6-23-13-28/h6-9,13,16H,2-5,11-12H2,1H3,(H,24,27). The van der Waals surface area contributed by atoms with Crippen molar-refractivity contribution in [2.45, 2.75) is 38.6 Å². The summed E-state index contributed by atoms with van der Waals surface area (Å²) < 4.78 is 1.75. The topological polar surface area (TPSA) is 116 Å². The highest BCUT2D eigenvalue weighted by molar-refractivity contribution is 6.09. The molecule has 0 radical (unpaired) electrons. The maximum absolute atomic E-state index is 13.0. The van der Waals surface area contributed by atoms with E-state index in [0.717, 1.165) is 49.9 Å². The molecule has 1 aliphatic carbocycles. The molecule has 2 aliphatic rings. The molecular weight excluding hydrogens is 380 g/mol. The van der Waals surface area contributed by atoms with Gasteiger partial charge in [0.25, 0.3) is 5.91 Å². The molecule has 5 rings (SSSR count). The minimum absolute atomic E-state index is 0.203. The number of amides is 1. The quantitative estimate of drug-likeness (QED) is 0.720. The summed E-state index contributed by atoms with van der Waals surface area (Å²) in [6.07, 6.45) is 10.3. The number of rotatable bonds is 3. The molecule has 3 aromatic heterocycles. The number of aliphatic imine (C=N–C) groups is 1. The predicted molar refractivity (Wildman–Crippen MR) is 110 cm³/mol. The Morgan fingerprint density at radius 1 is 1.37 bits per heavy atom. The Labute approximate surface area is 173 Å². The van der Waals surface area contributed by atoms with Crippen LogP contribution in [0.4, 0.5) is 0 Å². The van der Waals surface area contributed by atoms with E-state index in [1.165, 1.54) is 0 Å². The second-order valence-corrected chi connectivity index (χ2v) is 8.43. The summed E-state index contributed by atoms with van der Waals surface area (Å²) in [6.45, 7) is 3.68. The van der Waals surface area contributed by atoms with Crippen molar-refractivity contribution in [2.75, 3.05) is 13.1 Å². The Morgan fingerprint density at radius 2 is 2.17 bits per heavy atom. The van der Waals surface area contributed by atoms with Crippen molar-refractivity contribution >= 4 is 22.5 Å². The van der Waals surface area contributed by atoms with E-state index in [0.29, 0.717) is 17.4 Å². The molecule has 3 aromatic rings. The predicted octanol–water partition coefficient (Wildman–Crippen LogP) is 2.51.